The molecule has 0 fully saturated rings. The maximum absolute atomic E-state index is 12.4. The number of thiophene rings is 1. The van der Waals surface area contributed by atoms with Gasteiger partial charge in [0.25, 0.3) is 0 Å². The number of hydrogen-bond acceptors (Lipinski definition) is 4. The first-order valence-electron chi connectivity index (χ1n) is 7.76. The summed E-state index contributed by atoms with van der Waals surface area (Å²) in [5.74, 6) is -0.360. The van der Waals surface area contributed by atoms with Gasteiger partial charge in [-0.25, -0.2) is 0 Å². The second kappa shape index (κ2) is 8.71. The molecule has 0 aliphatic carbocycles. The summed E-state index contributed by atoms with van der Waals surface area (Å²) in [5, 5.41) is 2.63. The number of hydrogen-bond donors (Lipinski definition) is 1. The Balaban J connectivity index is 1.85. The number of para-hydroxylation sites is 1. The van der Waals surface area contributed by atoms with Gasteiger partial charge < -0.3 is 10.1 Å². The highest BCUT2D eigenvalue weighted by atomic mass is 32.1. The number of nitrogens with one attached hydrogen (secondary N) is 1. The van der Waals surface area contributed by atoms with E-state index in [0.29, 0.717) is 11.1 Å². The van der Waals surface area contributed by atoms with Crippen LogP contribution in [-0.4, -0.2) is 18.3 Å². The van der Waals surface area contributed by atoms with Crippen LogP contribution in [0.3, 0.4) is 0 Å². The van der Waals surface area contributed by atoms with Gasteiger partial charge in [-0.05, 0) is 26.0 Å². The molecule has 134 valence electrons. The minimum Gasteiger partial charge on any atom is -0.434 e. The number of carbonyl (C=O) groups is 2. The Hall–Kier alpha value is -2.28. The third-order valence-corrected chi connectivity index (χ3v) is 4.55. The monoisotopic (exact) mass is 367 g/mol. The largest absolute Gasteiger partial charge is 0.434 e. The van der Waals surface area contributed by atoms with Crippen molar-refractivity contribution < 1.29 is 23.1 Å². The third kappa shape index (κ3) is 5.63. The van der Waals surface area contributed by atoms with Gasteiger partial charge in [-0.1, -0.05) is 18.2 Å². The lowest BCUT2D eigenvalue weighted by Crippen LogP contribution is -2.23. The van der Waals surface area contributed by atoms with Crippen LogP contribution in [0, 0.1) is 13.8 Å². The van der Waals surface area contributed by atoms with E-state index in [1.165, 1.54) is 6.07 Å². The van der Waals surface area contributed by atoms with Gasteiger partial charge in [-0.3, -0.25) is 9.59 Å². The molecule has 1 aromatic carbocycles. The summed E-state index contributed by atoms with van der Waals surface area (Å²) in [5.41, 5.74) is 1.11. The lowest BCUT2D eigenvalue weighted by atomic mass is 10.1. The minimum absolute atomic E-state index is 0.0262. The predicted octanol–water partition coefficient (Wildman–Crippen LogP) is 4.25. The van der Waals surface area contributed by atoms with Crippen molar-refractivity contribution in [2.45, 2.75) is 39.8 Å². The molecule has 0 radical (unpaired) electrons. The summed E-state index contributed by atoms with van der Waals surface area (Å²) in [4.78, 5) is 26.1. The van der Waals surface area contributed by atoms with Gasteiger partial charge >= 0.3 is 6.61 Å². The normalized spacial score (nSPS) is 10.8. The van der Waals surface area contributed by atoms with Gasteiger partial charge in [0.1, 0.15) is 5.75 Å². The van der Waals surface area contributed by atoms with Crippen molar-refractivity contribution in [3.63, 3.8) is 0 Å². The molecule has 0 unspecified atom stereocenters. The van der Waals surface area contributed by atoms with Crippen LogP contribution in [0.1, 0.15) is 38.5 Å². The molecule has 0 saturated heterocycles. The molecule has 2 aromatic rings. The highest BCUT2D eigenvalue weighted by Crippen LogP contribution is 2.22. The Bertz CT molecular complexity index is 759. The highest BCUT2D eigenvalue weighted by molar-refractivity contribution is 7.12. The fourth-order valence-electron chi connectivity index (χ4n) is 2.41. The van der Waals surface area contributed by atoms with Crippen molar-refractivity contribution in [3.8, 4) is 5.75 Å². The number of amides is 1. The third-order valence-electron chi connectivity index (χ3n) is 3.59. The quantitative estimate of drug-likeness (QED) is 0.710. The summed E-state index contributed by atoms with van der Waals surface area (Å²) >= 11 is 1.55. The first-order valence-corrected chi connectivity index (χ1v) is 8.58. The van der Waals surface area contributed by atoms with Crippen molar-refractivity contribution in [1.29, 1.82) is 0 Å². The number of alkyl halides is 2. The number of Topliss-reactive ketones (excluding diaryl/α,β-unsaturated/α-hetero) is 1. The Morgan fingerprint density at radius 3 is 2.56 bits per heavy atom. The van der Waals surface area contributed by atoms with Crippen LogP contribution in [-0.2, 0) is 11.3 Å². The van der Waals surface area contributed by atoms with Gasteiger partial charge in [0, 0.05) is 40.3 Å². The summed E-state index contributed by atoms with van der Waals surface area (Å²) in [7, 11) is 0. The smallest absolute Gasteiger partial charge is 0.387 e. The number of ketones is 1. The van der Waals surface area contributed by atoms with Gasteiger partial charge in [-0.15, -0.1) is 11.3 Å². The fourth-order valence-corrected chi connectivity index (χ4v) is 3.35. The molecule has 1 aromatic heterocycles. The summed E-state index contributed by atoms with van der Waals surface area (Å²) < 4.78 is 29.1. The van der Waals surface area contributed by atoms with E-state index in [4.69, 9.17) is 0 Å². The van der Waals surface area contributed by atoms with Crippen molar-refractivity contribution in [1.82, 2.24) is 5.32 Å². The Morgan fingerprint density at radius 1 is 1.20 bits per heavy atom. The molecule has 7 heteroatoms. The van der Waals surface area contributed by atoms with Crippen molar-refractivity contribution in [2.24, 2.45) is 0 Å². The summed E-state index contributed by atoms with van der Waals surface area (Å²) in [6.45, 7) is 0.948. The Labute approximate surface area is 148 Å². The van der Waals surface area contributed by atoms with E-state index in [2.05, 4.69) is 10.1 Å². The van der Waals surface area contributed by atoms with Crippen LogP contribution in [0.25, 0.3) is 0 Å². The maximum atomic E-state index is 12.4. The zero-order valence-corrected chi connectivity index (χ0v) is 14.8. The van der Waals surface area contributed by atoms with E-state index in [1.807, 2.05) is 19.9 Å². The van der Waals surface area contributed by atoms with Crippen LogP contribution in [0.5, 0.6) is 5.75 Å². The number of carbonyl (C=O) groups excluding carboxylic acids is 2. The molecular formula is C18H19F2NO3S. The molecule has 25 heavy (non-hydrogen) atoms. The topological polar surface area (TPSA) is 55.4 Å². The average Bonchev–Trinajstić information content (AvgIpc) is 2.89. The van der Waals surface area contributed by atoms with Gasteiger partial charge in [0.15, 0.2) is 5.78 Å². The van der Waals surface area contributed by atoms with E-state index in [0.717, 1.165) is 9.75 Å². The molecule has 1 amide bonds. The predicted molar refractivity (Wildman–Crippen MR) is 92.3 cm³/mol. The molecule has 0 saturated carbocycles. The van der Waals surface area contributed by atoms with E-state index >= 15 is 0 Å². The van der Waals surface area contributed by atoms with Crippen molar-refractivity contribution in [3.05, 3.63) is 51.2 Å². The molecule has 2 rings (SSSR count). The van der Waals surface area contributed by atoms with Gasteiger partial charge in [-0.2, -0.15) is 8.78 Å². The summed E-state index contributed by atoms with van der Waals surface area (Å²) in [6, 6.07) is 8.09. The number of aryl methyl sites for hydroxylation is 2. The van der Waals surface area contributed by atoms with Crippen LogP contribution in [0.15, 0.2) is 30.3 Å². The number of rotatable bonds is 8. The molecule has 0 bridgehead atoms. The second-order valence-corrected chi connectivity index (χ2v) is 6.97. The fraction of sp³-hybridized carbons (Fsp3) is 0.333. The van der Waals surface area contributed by atoms with Gasteiger partial charge in [0.05, 0.1) is 0 Å². The highest BCUT2D eigenvalue weighted by Gasteiger charge is 2.14. The van der Waals surface area contributed by atoms with Gasteiger partial charge in [0.2, 0.25) is 5.91 Å². The van der Waals surface area contributed by atoms with Crippen LogP contribution < -0.4 is 10.1 Å². The number of benzene rings is 1. The summed E-state index contributed by atoms with van der Waals surface area (Å²) in [6.07, 6.45) is 0.156. The molecule has 0 atom stereocenters. The number of ether oxygens (including phenoxy) is 1. The molecule has 0 spiro atoms. The molecule has 1 N–H and O–H groups in total. The Kier molecular flexibility index (Phi) is 6.64. The van der Waals surface area contributed by atoms with E-state index in [9.17, 15) is 18.4 Å². The maximum Gasteiger partial charge on any atom is 0.387 e. The van der Waals surface area contributed by atoms with E-state index in [-0.39, 0.29) is 36.8 Å². The zero-order valence-electron chi connectivity index (χ0n) is 14.0. The van der Waals surface area contributed by atoms with Crippen LogP contribution >= 0.6 is 11.3 Å². The standard InChI is InChI=1S/C18H19F2NO3S/c1-11-9-14(12(2)25-11)15(22)7-8-17(23)21-10-13-5-3-4-6-16(13)24-18(19)20/h3-6,9,18H,7-8,10H2,1-2H3,(H,21,23). The first kappa shape index (κ1) is 19.1. The first-order chi connectivity index (χ1) is 11.9. The molecule has 4 nitrogen and oxygen atoms in total. The lowest BCUT2D eigenvalue weighted by molar-refractivity contribution is -0.121. The van der Waals surface area contributed by atoms with Crippen LogP contribution in [0.4, 0.5) is 8.78 Å². The molecular weight excluding hydrogens is 348 g/mol. The number of halogens is 2. The SMILES string of the molecule is Cc1cc(C(=O)CCC(=O)NCc2ccccc2OC(F)F)c(C)s1. The molecule has 1 heterocycles. The molecule has 0 aliphatic rings. The Morgan fingerprint density at radius 2 is 1.92 bits per heavy atom. The second-order valence-electron chi connectivity index (χ2n) is 5.51. The van der Waals surface area contributed by atoms with Crippen LogP contribution in [0.2, 0.25) is 0 Å². The minimum atomic E-state index is -2.92. The van der Waals surface area contributed by atoms with E-state index < -0.39 is 6.61 Å². The zero-order chi connectivity index (χ0) is 18.4. The van der Waals surface area contributed by atoms with Crippen molar-refractivity contribution >= 4 is 23.0 Å². The molecule has 0 aliphatic heterocycles. The lowest BCUT2D eigenvalue weighted by Gasteiger charge is -2.11. The van der Waals surface area contributed by atoms with E-state index in [1.54, 1.807) is 29.5 Å². The average molecular weight is 367 g/mol. The van der Waals surface area contributed by atoms with Crippen molar-refractivity contribution in [2.75, 3.05) is 0 Å².